The first-order valence-corrected chi connectivity index (χ1v) is 11.9. The lowest BCUT2D eigenvalue weighted by Crippen LogP contribution is -2.53. The summed E-state index contributed by atoms with van der Waals surface area (Å²) in [6.07, 6.45) is 2.99. The first kappa shape index (κ1) is 23.8. The summed E-state index contributed by atoms with van der Waals surface area (Å²) in [7, 11) is 1.39. The van der Waals surface area contributed by atoms with Gasteiger partial charge in [-0.1, -0.05) is 48.4 Å². The minimum atomic E-state index is -0.999. The molecule has 1 amide bonds. The Kier molecular flexibility index (Phi) is 7.23. The van der Waals surface area contributed by atoms with Crippen LogP contribution in [0.25, 0.3) is 0 Å². The molecule has 4 rings (SSSR count). The second-order valence-electron chi connectivity index (χ2n) is 9.24. The van der Waals surface area contributed by atoms with Gasteiger partial charge in [-0.25, -0.2) is 4.79 Å². The molecule has 2 N–H and O–H groups in total. The molecule has 0 radical (unpaired) electrons. The number of fused-ring (bicyclic) bond motifs is 1. The van der Waals surface area contributed by atoms with Crippen LogP contribution in [0.4, 0.5) is 4.79 Å². The second kappa shape index (κ2) is 10.3. The van der Waals surface area contributed by atoms with E-state index in [1.165, 1.54) is 7.11 Å². The van der Waals surface area contributed by atoms with Crippen molar-refractivity contribution in [3.05, 3.63) is 71.3 Å². The minimum Gasteiger partial charge on any atom is -0.453 e. The van der Waals surface area contributed by atoms with Gasteiger partial charge in [-0.2, -0.15) is 0 Å². The van der Waals surface area contributed by atoms with Crippen molar-refractivity contribution < 1.29 is 19.1 Å². The smallest absolute Gasteiger partial charge is 0.409 e. The van der Waals surface area contributed by atoms with Crippen molar-refractivity contribution in [3.63, 3.8) is 0 Å². The van der Waals surface area contributed by atoms with Crippen LogP contribution in [0.3, 0.4) is 0 Å². The highest BCUT2D eigenvalue weighted by atomic mass is 16.6. The quantitative estimate of drug-likeness (QED) is 0.554. The fraction of sp³-hybridized carbons (Fsp3) is 0.429. The average Bonchev–Trinajstić information content (AvgIpc) is 3.29. The topological polar surface area (TPSA) is 81.9 Å². The molecule has 0 bridgehead atoms. The average molecular weight is 461 g/mol. The lowest BCUT2D eigenvalue weighted by molar-refractivity contribution is -0.164. The summed E-state index contributed by atoms with van der Waals surface area (Å²) in [4.78, 5) is 27.4. The van der Waals surface area contributed by atoms with Crippen LogP contribution in [-0.2, 0) is 20.7 Å². The number of hydrogen-bond acceptors (Lipinski definition) is 5. The van der Waals surface area contributed by atoms with Gasteiger partial charge >= 0.3 is 12.1 Å². The summed E-state index contributed by atoms with van der Waals surface area (Å²) in [6.45, 7) is 2.58. The van der Waals surface area contributed by atoms with Crippen LogP contribution in [-0.4, -0.2) is 48.3 Å². The highest BCUT2D eigenvalue weighted by Crippen LogP contribution is 2.45. The van der Waals surface area contributed by atoms with Gasteiger partial charge in [-0.05, 0) is 68.2 Å². The number of amides is 1. The number of rotatable bonds is 4. The third-order valence-corrected chi connectivity index (χ3v) is 6.92. The minimum absolute atomic E-state index is 0.0776. The highest BCUT2D eigenvalue weighted by molar-refractivity contribution is 5.77. The number of methoxy groups -OCH3 is 1. The highest BCUT2D eigenvalue weighted by Gasteiger charge is 2.54. The van der Waals surface area contributed by atoms with Crippen molar-refractivity contribution in [2.75, 3.05) is 13.7 Å². The lowest BCUT2D eigenvalue weighted by atomic mass is 9.72. The number of aryl methyl sites for hydroxylation is 1. The third kappa shape index (κ3) is 5.10. The SMILES string of the molecule is COC(=O)N1CC[C@@H]2[C@H]1CCC[C@]2(C#Cc1cccc(C)c1)OC(=O)[C@H](N)Cc1ccccc1. The molecule has 1 aliphatic heterocycles. The molecule has 1 saturated carbocycles. The molecule has 2 fully saturated rings. The van der Waals surface area contributed by atoms with E-state index in [9.17, 15) is 9.59 Å². The molecule has 178 valence electrons. The Labute approximate surface area is 201 Å². The summed E-state index contributed by atoms with van der Waals surface area (Å²) >= 11 is 0. The van der Waals surface area contributed by atoms with Gasteiger partial charge in [0.1, 0.15) is 6.04 Å². The molecule has 2 aromatic rings. The van der Waals surface area contributed by atoms with Gasteiger partial charge in [0.25, 0.3) is 0 Å². The predicted molar refractivity (Wildman–Crippen MR) is 130 cm³/mol. The third-order valence-electron chi connectivity index (χ3n) is 6.92. The molecule has 0 aromatic heterocycles. The number of ether oxygens (including phenoxy) is 2. The number of hydrogen-bond donors (Lipinski definition) is 1. The van der Waals surface area contributed by atoms with E-state index in [1.54, 1.807) is 4.90 Å². The summed E-state index contributed by atoms with van der Waals surface area (Å²) in [5.74, 6) is 6.06. The van der Waals surface area contributed by atoms with E-state index in [0.29, 0.717) is 25.8 Å². The van der Waals surface area contributed by atoms with Crippen LogP contribution in [0.5, 0.6) is 0 Å². The zero-order valence-electron chi connectivity index (χ0n) is 19.8. The van der Waals surface area contributed by atoms with Gasteiger partial charge in [0, 0.05) is 24.1 Å². The van der Waals surface area contributed by atoms with E-state index < -0.39 is 17.6 Å². The lowest BCUT2D eigenvalue weighted by Gasteiger charge is -2.42. The van der Waals surface area contributed by atoms with Crippen molar-refractivity contribution in [2.45, 2.75) is 56.7 Å². The Balaban J connectivity index is 1.63. The summed E-state index contributed by atoms with van der Waals surface area (Å²) in [5, 5.41) is 0. The predicted octanol–water partition coefficient (Wildman–Crippen LogP) is 3.84. The maximum atomic E-state index is 13.2. The number of benzene rings is 2. The van der Waals surface area contributed by atoms with E-state index >= 15 is 0 Å². The van der Waals surface area contributed by atoms with Gasteiger partial charge in [0.15, 0.2) is 5.60 Å². The number of nitrogens with zero attached hydrogens (tertiary/aromatic N) is 1. The van der Waals surface area contributed by atoms with Crippen molar-refractivity contribution in [1.29, 1.82) is 0 Å². The van der Waals surface area contributed by atoms with Crippen molar-refractivity contribution in [2.24, 2.45) is 11.7 Å². The zero-order chi connectivity index (χ0) is 24.1. The first-order chi connectivity index (χ1) is 16.4. The van der Waals surface area contributed by atoms with Gasteiger partial charge in [-0.3, -0.25) is 4.79 Å². The Bertz CT molecular complexity index is 1090. The molecule has 4 atom stereocenters. The molecule has 1 aliphatic carbocycles. The van der Waals surface area contributed by atoms with Crippen LogP contribution in [0, 0.1) is 24.7 Å². The standard InChI is InChI=1S/C28H32N2O4/c1-20-8-6-11-22(18-20)13-16-28(34-26(31)24(29)19-21-9-4-3-5-10-21)15-7-12-25-23(28)14-17-30(25)27(32)33-2/h3-6,8-11,18,23-25H,7,12,14-15,17,19,29H2,1-2H3/t23-,24-,25-,28-/m1/s1. The largest absolute Gasteiger partial charge is 0.453 e. The molecule has 6 heteroatoms. The molecule has 1 saturated heterocycles. The van der Waals surface area contributed by atoms with Gasteiger partial charge < -0.3 is 20.1 Å². The van der Waals surface area contributed by atoms with E-state index in [2.05, 4.69) is 11.8 Å². The Morgan fingerprint density at radius 1 is 1.18 bits per heavy atom. The van der Waals surface area contributed by atoms with E-state index in [4.69, 9.17) is 15.2 Å². The van der Waals surface area contributed by atoms with E-state index in [0.717, 1.165) is 29.5 Å². The fourth-order valence-corrected chi connectivity index (χ4v) is 5.27. The van der Waals surface area contributed by atoms with E-state index in [1.807, 2.05) is 61.5 Å². The molecular formula is C28H32N2O4. The van der Waals surface area contributed by atoms with Gasteiger partial charge in [0.2, 0.25) is 0 Å². The zero-order valence-corrected chi connectivity index (χ0v) is 19.8. The summed E-state index contributed by atoms with van der Waals surface area (Å²) in [6, 6.07) is 16.7. The Morgan fingerprint density at radius 3 is 2.71 bits per heavy atom. The van der Waals surface area contributed by atoms with Crippen molar-refractivity contribution in [1.82, 2.24) is 4.90 Å². The van der Waals surface area contributed by atoms with Crippen LogP contribution >= 0.6 is 0 Å². The maximum absolute atomic E-state index is 13.2. The molecule has 0 spiro atoms. The van der Waals surface area contributed by atoms with Crippen LogP contribution in [0.2, 0.25) is 0 Å². The summed E-state index contributed by atoms with van der Waals surface area (Å²) < 4.78 is 11.2. The molecule has 2 aromatic carbocycles. The molecule has 6 nitrogen and oxygen atoms in total. The van der Waals surface area contributed by atoms with Crippen molar-refractivity contribution in [3.8, 4) is 11.8 Å². The molecule has 2 aliphatic rings. The number of likely N-dealkylation sites (tertiary alicyclic amines) is 1. The Morgan fingerprint density at radius 2 is 1.97 bits per heavy atom. The van der Waals surface area contributed by atoms with E-state index in [-0.39, 0.29) is 18.1 Å². The summed E-state index contributed by atoms with van der Waals surface area (Å²) in [5.41, 5.74) is 8.24. The monoisotopic (exact) mass is 460 g/mol. The van der Waals surface area contributed by atoms with Crippen molar-refractivity contribution >= 4 is 12.1 Å². The first-order valence-electron chi connectivity index (χ1n) is 11.9. The van der Waals surface area contributed by atoms with Crippen LogP contribution in [0.15, 0.2) is 54.6 Å². The van der Waals surface area contributed by atoms with Crippen LogP contribution in [0.1, 0.15) is 42.4 Å². The number of carbonyl (C=O) groups excluding carboxylic acids is 2. The normalized spacial score (nSPS) is 24.4. The molecular weight excluding hydrogens is 428 g/mol. The van der Waals surface area contributed by atoms with Crippen LogP contribution < -0.4 is 5.73 Å². The number of nitrogens with two attached hydrogens (primary N) is 1. The molecule has 34 heavy (non-hydrogen) atoms. The Hall–Kier alpha value is -3.30. The van der Waals surface area contributed by atoms with Gasteiger partial charge in [0.05, 0.1) is 7.11 Å². The fourth-order valence-electron chi connectivity index (χ4n) is 5.27. The number of esters is 1. The van der Waals surface area contributed by atoms with Gasteiger partial charge in [-0.15, -0.1) is 0 Å². The second-order valence-corrected chi connectivity index (χ2v) is 9.24. The number of carbonyl (C=O) groups is 2. The molecule has 1 heterocycles. The maximum Gasteiger partial charge on any atom is 0.409 e. The molecule has 0 unspecified atom stereocenters.